The lowest BCUT2D eigenvalue weighted by atomic mass is 10.0. The number of phosphoric ester groups is 1. The summed E-state index contributed by atoms with van der Waals surface area (Å²) in [7, 11) is 1.46. The van der Waals surface area contributed by atoms with E-state index >= 15 is 0 Å². The standard InChI is InChI=1S/C83H150NO8P/c1-6-8-10-12-14-16-18-20-22-24-26-28-30-32-34-36-37-38-39-40-41-42-43-44-45-46-48-49-51-53-55-57-59-61-63-65-67-69-71-73-75-82(85)89-79-81(80-91-93(87,88)90-78-77-84(3,4)5)92-83(86)76-74-72-70-68-66-64-62-60-58-56-54-52-50-47-35-33-31-29-27-25-23-21-19-17-15-13-11-9-7-2/h9,11,15,17,21,23,27,29,33,35,50,52,56,58,62,64,81H,6-8,10,12-14,16,18-20,22,24-26,28,30-32,34,36-49,51,53-55,57,59-61,63,65-80H2,1-5H3/p+1/b11-9-,17-15-,23-21-,29-27-,35-33-,52-50-,58-56-,64-62-. The Labute approximate surface area is 576 Å². The van der Waals surface area contributed by atoms with E-state index < -0.39 is 26.5 Å². The first kappa shape index (κ1) is 89.9. The van der Waals surface area contributed by atoms with Crippen LogP contribution in [0.4, 0.5) is 0 Å². The third-order valence-corrected chi connectivity index (χ3v) is 18.4. The van der Waals surface area contributed by atoms with Gasteiger partial charge in [-0.3, -0.25) is 18.6 Å². The number of unbranched alkanes of at least 4 members (excludes halogenated alkanes) is 43. The molecule has 2 atom stereocenters. The molecule has 0 aromatic heterocycles. The van der Waals surface area contributed by atoms with E-state index in [-0.39, 0.29) is 32.0 Å². The average Bonchev–Trinajstić information content (AvgIpc) is 2.61. The van der Waals surface area contributed by atoms with Gasteiger partial charge in [-0.05, 0) is 77.0 Å². The zero-order valence-electron chi connectivity index (χ0n) is 61.7. The molecule has 0 radical (unpaired) electrons. The Morgan fingerprint density at radius 3 is 0.914 bits per heavy atom. The summed E-state index contributed by atoms with van der Waals surface area (Å²) in [6.07, 6.45) is 103. The summed E-state index contributed by atoms with van der Waals surface area (Å²) in [5, 5.41) is 0. The Bertz CT molecular complexity index is 1890. The van der Waals surface area contributed by atoms with Gasteiger partial charge in [0.1, 0.15) is 19.8 Å². The molecule has 1 N–H and O–H groups in total. The van der Waals surface area contributed by atoms with E-state index in [4.69, 9.17) is 18.5 Å². The smallest absolute Gasteiger partial charge is 0.462 e. The first-order valence-corrected chi connectivity index (χ1v) is 41.0. The van der Waals surface area contributed by atoms with Crippen LogP contribution in [0, 0.1) is 0 Å². The van der Waals surface area contributed by atoms with Gasteiger partial charge < -0.3 is 18.9 Å². The van der Waals surface area contributed by atoms with Crippen LogP contribution in [0.1, 0.15) is 367 Å². The molecule has 0 bridgehead atoms. The van der Waals surface area contributed by atoms with Crippen molar-refractivity contribution in [3.8, 4) is 0 Å². The molecule has 0 amide bonds. The first-order valence-electron chi connectivity index (χ1n) is 39.5. The number of allylic oxidation sites excluding steroid dienone is 16. The Hall–Kier alpha value is -3.07. The molecular weight excluding hydrogens is 1170 g/mol. The molecule has 0 saturated carbocycles. The predicted molar refractivity (Wildman–Crippen MR) is 404 cm³/mol. The van der Waals surface area contributed by atoms with Gasteiger partial charge in [0, 0.05) is 12.8 Å². The highest BCUT2D eigenvalue weighted by molar-refractivity contribution is 7.47. The summed E-state index contributed by atoms with van der Waals surface area (Å²) in [6.45, 7) is 4.33. The maximum absolute atomic E-state index is 12.9. The Morgan fingerprint density at radius 1 is 0.344 bits per heavy atom. The second kappa shape index (κ2) is 73.2. The number of esters is 2. The minimum atomic E-state index is -4.41. The average molecular weight is 1320 g/mol. The van der Waals surface area contributed by atoms with Crippen LogP contribution in [0.2, 0.25) is 0 Å². The minimum absolute atomic E-state index is 0.0229. The van der Waals surface area contributed by atoms with Crippen LogP contribution in [0.15, 0.2) is 97.2 Å². The summed E-state index contributed by atoms with van der Waals surface area (Å²) in [5.74, 6) is -0.818. The molecule has 10 heteroatoms. The third-order valence-electron chi connectivity index (χ3n) is 17.4. The molecule has 0 saturated heterocycles. The molecule has 0 aliphatic carbocycles. The number of hydrogen-bond donors (Lipinski definition) is 1. The number of carbonyl (C=O) groups excluding carboxylic acids is 2. The van der Waals surface area contributed by atoms with Crippen LogP contribution >= 0.6 is 7.82 Å². The summed E-state index contributed by atoms with van der Waals surface area (Å²) in [6, 6.07) is 0. The number of nitrogens with zero attached hydrogens (tertiary/aromatic N) is 1. The van der Waals surface area contributed by atoms with E-state index in [1.807, 2.05) is 21.1 Å². The first-order chi connectivity index (χ1) is 45.5. The summed E-state index contributed by atoms with van der Waals surface area (Å²) < 4.78 is 34.7. The van der Waals surface area contributed by atoms with Crippen molar-refractivity contribution in [3.05, 3.63) is 97.2 Å². The van der Waals surface area contributed by atoms with Gasteiger partial charge in [-0.15, -0.1) is 0 Å². The van der Waals surface area contributed by atoms with Crippen molar-refractivity contribution in [3.63, 3.8) is 0 Å². The monoisotopic (exact) mass is 1320 g/mol. The van der Waals surface area contributed by atoms with Crippen molar-refractivity contribution in [1.82, 2.24) is 0 Å². The van der Waals surface area contributed by atoms with Gasteiger partial charge in [0.05, 0.1) is 27.7 Å². The number of phosphoric acid groups is 1. The van der Waals surface area contributed by atoms with E-state index in [1.165, 1.54) is 238 Å². The molecule has 93 heavy (non-hydrogen) atoms. The van der Waals surface area contributed by atoms with Gasteiger partial charge in [0.25, 0.3) is 0 Å². The lowest BCUT2D eigenvalue weighted by molar-refractivity contribution is -0.870. The largest absolute Gasteiger partial charge is 0.472 e. The van der Waals surface area contributed by atoms with Crippen molar-refractivity contribution in [2.24, 2.45) is 0 Å². The highest BCUT2D eigenvalue weighted by Crippen LogP contribution is 2.43. The fraction of sp³-hybridized carbons (Fsp3) is 0.783. The summed E-state index contributed by atoms with van der Waals surface area (Å²) in [5.41, 5.74) is 0. The van der Waals surface area contributed by atoms with Crippen LogP contribution in [-0.2, 0) is 32.7 Å². The normalized spacial score (nSPS) is 13.6. The number of carbonyl (C=O) groups is 2. The van der Waals surface area contributed by atoms with Crippen LogP contribution in [0.3, 0.4) is 0 Å². The summed E-state index contributed by atoms with van der Waals surface area (Å²) >= 11 is 0. The van der Waals surface area contributed by atoms with Crippen LogP contribution in [-0.4, -0.2) is 74.9 Å². The van der Waals surface area contributed by atoms with E-state index in [1.54, 1.807) is 0 Å². The molecule has 9 nitrogen and oxygen atoms in total. The minimum Gasteiger partial charge on any atom is -0.462 e. The molecule has 540 valence electrons. The number of quaternary nitrogens is 1. The zero-order valence-corrected chi connectivity index (χ0v) is 62.6. The number of hydrogen-bond acceptors (Lipinski definition) is 7. The molecule has 0 aromatic carbocycles. The van der Waals surface area contributed by atoms with E-state index in [2.05, 4.69) is 111 Å². The zero-order chi connectivity index (χ0) is 67.6. The molecular formula is C83H151NO8P+. The lowest BCUT2D eigenvalue weighted by Crippen LogP contribution is -2.37. The Balaban J connectivity index is 3.97. The molecule has 0 fully saturated rings. The molecule has 0 heterocycles. The number of ether oxygens (including phenoxy) is 2. The summed E-state index contributed by atoms with van der Waals surface area (Å²) in [4.78, 5) is 35.9. The molecule has 0 aliphatic rings. The fourth-order valence-electron chi connectivity index (χ4n) is 11.4. The molecule has 0 spiro atoms. The second-order valence-electron chi connectivity index (χ2n) is 27.7. The number of likely N-dealkylation sites (N-methyl/N-ethyl adjacent to an activating group) is 1. The fourth-order valence-corrected chi connectivity index (χ4v) is 12.1. The quantitative estimate of drug-likeness (QED) is 0.0211. The van der Waals surface area contributed by atoms with Crippen molar-refractivity contribution in [2.75, 3.05) is 47.5 Å². The Kier molecular flexibility index (Phi) is 70.8. The van der Waals surface area contributed by atoms with Gasteiger partial charge in [-0.2, -0.15) is 0 Å². The van der Waals surface area contributed by atoms with Crippen molar-refractivity contribution < 1.29 is 42.1 Å². The second-order valence-corrected chi connectivity index (χ2v) is 29.2. The van der Waals surface area contributed by atoms with E-state index in [0.29, 0.717) is 17.4 Å². The van der Waals surface area contributed by atoms with E-state index in [9.17, 15) is 19.0 Å². The maximum atomic E-state index is 12.9. The predicted octanol–water partition coefficient (Wildman–Crippen LogP) is 26.2. The molecule has 0 rings (SSSR count). The van der Waals surface area contributed by atoms with Crippen molar-refractivity contribution in [1.29, 1.82) is 0 Å². The number of rotatable bonds is 73. The van der Waals surface area contributed by atoms with Crippen molar-refractivity contribution >= 4 is 19.8 Å². The van der Waals surface area contributed by atoms with Gasteiger partial charge in [0.15, 0.2) is 6.10 Å². The van der Waals surface area contributed by atoms with E-state index in [0.717, 1.165) is 96.3 Å². The lowest BCUT2D eigenvalue weighted by Gasteiger charge is -2.24. The Morgan fingerprint density at radius 2 is 0.613 bits per heavy atom. The van der Waals surface area contributed by atoms with Gasteiger partial charge in [-0.25, -0.2) is 4.57 Å². The van der Waals surface area contributed by atoms with Gasteiger partial charge in [0.2, 0.25) is 0 Å². The highest BCUT2D eigenvalue weighted by Gasteiger charge is 2.27. The topological polar surface area (TPSA) is 108 Å². The third kappa shape index (κ3) is 77.8. The van der Waals surface area contributed by atoms with Crippen LogP contribution in [0.25, 0.3) is 0 Å². The molecule has 0 aromatic rings. The molecule has 2 unspecified atom stereocenters. The van der Waals surface area contributed by atoms with Gasteiger partial charge >= 0.3 is 19.8 Å². The van der Waals surface area contributed by atoms with Gasteiger partial charge in [-0.1, -0.05) is 374 Å². The van der Waals surface area contributed by atoms with Crippen LogP contribution in [0.5, 0.6) is 0 Å². The van der Waals surface area contributed by atoms with Crippen molar-refractivity contribution in [2.45, 2.75) is 373 Å². The maximum Gasteiger partial charge on any atom is 0.472 e. The van der Waals surface area contributed by atoms with Crippen LogP contribution < -0.4 is 0 Å². The molecule has 0 aliphatic heterocycles. The highest BCUT2D eigenvalue weighted by atomic mass is 31.2. The SMILES string of the molecule is CC/C=C\C/C=C\C/C=C\C/C=C\C/C=C\C/C=C\C/C=C\C/C=C\CCCCCCC(=O)OC(COC(=O)CCCCCCCCCCCCCCCCCCCCCCCCCCCCCCCCCCCCCCCCCC)COP(=O)(O)OCC[N+](C)(C)C.